The first-order chi connectivity index (χ1) is 12.1. The summed E-state index contributed by atoms with van der Waals surface area (Å²) >= 11 is 0. The molecular weight excluding hydrogens is 318 g/mol. The molecule has 1 amide bonds. The Hall–Kier alpha value is -2.47. The zero-order valence-corrected chi connectivity index (χ0v) is 14.2. The van der Waals surface area contributed by atoms with Crippen LogP contribution in [0.15, 0.2) is 42.7 Å². The third-order valence-corrected chi connectivity index (χ3v) is 4.82. The van der Waals surface area contributed by atoms with Crippen molar-refractivity contribution in [3.05, 3.63) is 54.1 Å². The minimum Gasteiger partial charge on any atom is -0.486 e. The fourth-order valence-electron chi connectivity index (χ4n) is 3.61. The van der Waals surface area contributed by atoms with E-state index in [-0.39, 0.29) is 17.6 Å². The Labute approximate surface area is 146 Å². The quantitative estimate of drug-likeness (QED) is 0.858. The molecule has 4 rings (SSSR count). The van der Waals surface area contributed by atoms with Crippen molar-refractivity contribution in [1.29, 1.82) is 0 Å². The summed E-state index contributed by atoms with van der Waals surface area (Å²) < 4.78 is 12.0. The molecule has 6 nitrogen and oxygen atoms in total. The van der Waals surface area contributed by atoms with Crippen molar-refractivity contribution < 1.29 is 14.3 Å². The lowest BCUT2D eigenvalue weighted by atomic mass is 9.98. The number of hydrogen-bond acceptors (Lipinski definition) is 5. The first-order valence-corrected chi connectivity index (χ1v) is 8.57. The monoisotopic (exact) mass is 339 g/mol. The van der Waals surface area contributed by atoms with Gasteiger partial charge < -0.3 is 14.4 Å². The fourth-order valence-corrected chi connectivity index (χ4v) is 3.61. The Morgan fingerprint density at radius 2 is 2.28 bits per heavy atom. The van der Waals surface area contributed by atoms with Gasteiger partial charge in [0.2, 0.25) is 0 Å². The average molecular weight is 339 g/mol. The maximum absolute atomic E-state index is 12.7. The van der Waals surface area contributed by atoms with Gasteiger partial charge in [0.25, 0.3) is 5.91 Å². The van der Waals surface area contributed by atoms with Crippen LogP contribution in [0.5, 0.6) is 5.75 Å². The van der Waals surface area contributed by atoms with Crippen molar-refractivity contribution in [2.24, 2.45) is 0 Å². The van der Waals surface area contributed by atoms with Gasteiger partial charge in [-0.2, -0.15) is 0 Å². The summed E-state index contributed by atoms with van der Waals surface area (Å²) in [6.07, 6.45) is 5.04. The molecule has 2 aromatic heterocycles. The van der Waals surface area contributed by atoms with Crippen molar-refractivity contribution in [1.82, 2.24) is 14.9 Å². The van der Waals surface area contributed by atoms with Gasteiger partial charge in [-0.05, 0) is 37.6 Å². The molecule has 2 aliphatic rings. The Morgan fingerprint density at radius 3 is 3.08 bits per heavy atom. The van der Waals surface area contributed by atoms with Gasteiger partial charge in [-0.15, -0.1) is 0 Å². The van der Waals surface area contributed by atoms with E-state index in [0.717, 1.165) is 24.3 Å². The summed E-state index contributed by atoms with van der Waals surface area (Å²) in [5.41, 5.74) is 1.05. The van der Waals surface area contributed by atoms with E-state index in [0.29, 0.717) is 25.4 Å². The molecule has 2 aliphatic heterocycles. The van der Waals surface area contributed by atoms with Gasteiger partial charge >= 0.3 is 0 Å². The van der Waals surface area contributed by atoms with E-state index in [1.807, 2.05) is 36.1 Å². The highest BCUT2D eigenvalue weighted by Crippen LogP contribution is 2.37. The summed E-state index contributed by atoms with van der Waals surface area (Å²) in [6, 6.07) is 9.27. The van der Waals surface area contributed by atoms with Crippen molar-refractivity contribution in [2.75, 3.05) is 19.7 Å². The molecule has 0 unspecified atom stereocenters. The highest BCUT2D eigenvalue weighted by atomic mass is 16.6. The highest BCUT2D eigenvalue weighted by Gasteiger charge is 2.47. The van der Waals surface area contributed by atoms with Crippen LogP contribution in [0.3, 0.4) is 0 Å². The molecule has 2 fully saturated rings. The Morgan fingerprint density at radius 1 is 1.36 bits per heavy atom. The summed E-state index contributed by atoms with van der Waals surface area (Å²) in [5, 5.41) is 0. The normalized spacial score (nSPS) is 25.5. The molecule has 0 saturated carbocycles. The van der Waals surface area contributed by atoms with Crippen LogP contribution >= 0.6 is 0 Å². The SMILES string of the molecule is Cc1cccc(C(=O)N2CC[C@]3(C[C@@H](Oc4cccnc4)CO3)C2)n1. The van der Waals surface area contributed by atoms with E-state index in [1.165, 1.54) is 0 Å². The molecule has 6 heteroatoms. The lowest BCUT2D eigenvalue weighted by molar-refractivity contribution is 0.00989. The van der Waals surface area contributed by atoms with Crippen LogP contribution in [-0.4, -0.2) is 52.2 Å². The zero-order valence-electron chi connectivity index (χ0n) is 14.2. The van der Waals surface area contributed by atoms with Gasteiger partial charge in [0, 0.05) is 24.9 Å². The first-order valence-electron chi connectivity index (χ1n) is 8.57. The second-order valence-corrected chi connectivity index (χ2v) is 6.77. The van der Waals surface area contributed by atoms with E-state index < -0.39 is 0 Å². The first kappa shape index (κ1) is 16.0. The molecule has 0 aliphatic carbocycles. The zero-order chi connectivity index (χ0) is 17.3. The number of rotatable bonds is 3. The molecule has 0 N–H and O–H groups in total. The number of pyridine rings is 2. The van der Waals surface area contributed by atoms with Gasteiger partial charge in [-0.3, -0.25) is 9.78 Å². The second kappa shape index (κ2) is 6.44. The molecule has 2 atom stereocenters. The van der Waals surface area contributed by atoms with Gasteiger partial charge in [-0.1, -0.05) is 6.07 Å². The van der Waals surface area contributed by atoms with Crippen LogP contribution in [0, 0.1) is 6.92 Å². The molecule has 2 aromatic rings. The van der Waals surface area contributed by atoms with Gasteiger partial charge in [0.15, 0.2) is 0 Å². The Balaban J connectivity index is 1.39. The molecule has 4 heterocycles. The molecule has 0 aromatic carbocycles. The Bertz CT molecular complexity index is 768. The van der Waals surface area contributed by atoms with Crippen LogP contribution in [0.25, 0.3) is 0 Å². The van der Waals surface area contributed by atoms with Crippen LogP contribution in [0.1, 0.15) is 29.0 Å². The second-order valence-electron chi connectivity index (χ2n) is 6.77. The number of carbonyl (C=O) groups is 1. The summed E-state index contributed by atoms with van der Waals surface area (Å²) in [6.45, 7) is 3.71. The minimum absolute atomic E-state index is 0.00338. The van der Waals surface area contributed by atoms with Crippen molar-refractivity contribution in [3.63, 3.8) is 0 Å². The topological polar surface area (TPSA) is 64.6 Å². The summed E-state index contributed by atoms with van der Waals surface area (Å²) in [5.74, 6) is 0.726. The number of carbonyl (C=O) groups excluding carboxylic acids is 1. The largest absolute Gasteiger partial charge is 0.486 e. The maximum atomic E-state index is 12.7. The number of amides is 1. The van der Waals surface area contributed by atoms with E-state index in [4.69, 9.17) is 9.47 Å². The van der Waals surface area contributed by atoms with E-state index in [1.54, 1.807) is 18.5 Å². The standard InChI is InChI=1S/C19H21N3O3/c1-14-4-2-6-17(21-14)18(23)22-9-7-19(13-22)10-16(12-24-19)25-15-5-3-8-20-11-15/h2-6,8,11,16H,7,9-10,12-13H2,1H3/t16-,19+/m1/s1. The third-order valence-electron chi connectivity index (χ3n) is 4.82. The predicted octanol–water partition coefficient (Wildman–Crippen LogP) is 2.24. The number of hydrogen-bond donors (Lipinski definition) is 0. The fraction of sp³-hybridized carbons (Fsp3) is 0.421. The van der Waals surface area contributed by atoms with E-state index in [2.05, 4.69) is 9.97 Å². The summed E-state index contributed by atoms with van der Waals surface area (Å²) in [4.78, 5) is 22.9. The van der Waals surface area contributed by atoms with Crippen LogP contribution in [0.4, 0.5) is 0 Å². The number of aryl methyl sites for hydroxylation is 1. The van der Waals surface area contributed by atoms with Crippen LogP contribution in [-0.2, 0) is 4.74 Å². The van der Waals surface area contributed by atoms with Gasteiger partial charge in [0.05, 0.1) is 24.9 Å². The van der Waals surface area contributed by atoms with Gasteiger partial charge in [0.1, 0.15) is 17.5 Å². The highest BCUT2D eigenvalue weighted by molar-refractivity contribution is 5.92. The summed E-state index contributed by atoms with van der Waals surface area (Å²) in [7, 11) is 0. The predicted molar refractivity (Wildman–Crippen MR) is 91.4 cm³/mol. The lowest BCUT2D eigenvalue weighted by Gasteiger charge is -2.23. The van der Waals surface area contributed by atoms with Crippen LogP contribution < -0.4 is 4.74 Å². The number of nitrogens with zero attached hydrogens (tertiary/aromatic N) is 3. The molecule has 130 valence electrons. The minimum atomic E-state index is -0.299. The molecular formula is C19H21N3O3. The van der Waals surface area contributed by atoms with E-state index >= 15 is 0 Å². The molecule has 25 heavy (non-hydrogen) atoms. The molecule has 0 radical (unpaired) electrons. The van der Waals surface area contributed by atoms with Gasteiger partial charge in [-0.25, -0.2) is 4.98 Å². The Kier molecular flexibility index (Phi) is 4.13. The number of likely N-dealkylation sites (tertiary alicyclic amines) is 1. The molecule has 2 saturated heterocycles. The molecule has 1 spiro atoms. The number of ether oxygens (including phenoxy) is 2. The van der Waals surface area contributed by atoms with Crippen LogP contribution in [0.2, 0.25) is 0 Å². The lowest BCUT2D eigenvalue weighted by Crippen LogP contribution is -2.36. The van der Waals surface area contributed by atoms with E-state index in [9.17, 15) is 4.79 Å². The smallest absolute Gasteiger partial charge is 0.272 e. The average Bonchev–Trinajstić information content (AvgIpc) is 3.22. The molecule has 0 bridgehead atoms. The van der Waals surface area contributed by atoms with Crippen molar-refractivity contribution in [2.45, 2.75) is 31.5 Å². The third kappa shape index (κ3) is 3.35. The van der Waals surface area contributed by atoms with Crippen molar-refractivity contribution in [3.8, 4) is 5.75 Å². The number of aromatic nitrogens is 2. The van der Waals surface area contributed by atoms with Crippen molar-refractivity contribution >= 4 is 5.91 Å². The maximum Gasteiger partial charge on any atom is 0.272 e.